The number of aromatic nitrogens is 2. The van der Waals surface area contributed by atoms with Gasteiger partial charge in [-0.05, 0) is 19.3 Å². The van der Waals surface area contributed by atoms with Crippen molar-refractivity contribution in [3.8, 4) is 0 Å². The molecule has 19 heavy (non-hydrogen) atoms. The normalized spacial score (nSPS) is 19.2. The van der Waals surface area contributed by atoms with E-state index in [1.54, 1.807) is 0 Å². The fourth-order valence-corrected chi connectivity index (χ4v) is 2.52. The minimum Gasteiger partial charge on any atom is -0.370 e. The molecule has 0 spiro atoms. The third kappa shape index (κ3) is 3.37. The summed E-state index contributed by atoms with van der Waals surface area (Å²) in [6.45, 7) is 11.8. The monoisotopic (exact) mass is 262 g/mol. The predicted molar refractivity (Wildman–Crippen MR) is 80.9 cm³/mol. The summed E-state index contributed by atoms with van der Waals surface area (Å²) < 4.78 is 0. The van der Waals surface area contributed by atoms with Crippen LogP contribution in [0.15, 0.2) is 6.07 Å². The molecule has 1 aliphatic rings. The van der Waals surface area contributed by atoms with E-state index in [0.717, 1.165) is 43.0 Å². The first kappa shape index (κ1) is 14.1. The second-order valence-corrected chi connectivity index (χ2v) is 5.66. The smallest absolute Gasteiger partial charge is 0.135 e. The van der Waals surface area contributed by atoms with Crippen LogP contribution >= 0.6 is 0 Å². The van der Waals surface area contributed by atoms with Crippen LogP contribution in [-0.4, -0.2) is 29.6 Å². The molecule has 1 N–H and O–H groups in total. The second kappa shape index (κ2) is 6.22. The number of anilines is 2. The average Bonchev–Trinajstić information content (AvgIpc) is 2.87. The van der Waals surface area contributed by atoms with Gasteiger partial charge in [-0.15, -0.1) is 0 Å². The molecule has 1 unspecified atom stereocenters. The van der Waals surface area contributed by atoms with E-state index in [0.29, 0.717) is 5.92 Å². The van der Waals surface area contributed by atoms with Crippen molar-refractivity contribution in [1.82, 2.24) is 9.97 Å². The van der Waals surface area contributed by atoms with Crippen LogP contribution in [0.25, 0.3) is 0 Å². The zero-order valence-corrected chi connectivity index (χ0v) is 12.6. The largest absolute Gasteiger partial charge is 0.370 e. The number of nitrogens with one attached hydrogen (secondary N) is 1. The number of nitrogens with zero attached hydrogens (tertiary/aromatic N) is 3. The van der Waals surface area contributed by atoms with Crippen molar-refractivity contribution in [2.75, 3.05) is 29.9 Å². The lowest BCUT2D eigenvalue weighted by Crippen LogP contribution is -2.22. The molecule has 0 aliphatic carbocycles. The molecule has 0 radical (unpaired) electrons. The molecule has 1 fully saturated rings. The standard InChI is InChI=1S/C15H26N4/c1-5-12-7-8-19(10-12)14-9-13(16-6-2)17-15(18-14)11(3)4/h9,11-12H,5-8,10H2,1-4H3,(H,16,17,18). The summed E-state index contributed by atoms with van der Waals surface area (Å²) >= 11 is 0. The van der Waals surface area contributed by atoms with Gasteiger partial charge in [-0.2, -0.15) is 0 Å². The molecule has 4 nitrogen and oxygen atoms in total. The summed E-state index contributed by atoms with van der Waals surface area (Å²) in [5, 5.41) is 3.31. The van der Waals surface area contributed by atoms with Gasteiger partial charge in [0.15, 0.2) is 0 Å². The molecule has 1 aromatic rings. The van der Waals surface area contributed by atoms with Crippen molar-refractivity contribution < 1.29 is 0 Å². The Kier molecular flexibility index (Phi) is 4.61. The van der Waals surface area contributed by atoms with Gasteiger partial charge in [0.1, 0.15) is 17.5 Å². The van der Waals surface area contributed by atoms with Crippen molar-refractivity contribution in [2.45, 2.75) is 46.5 Å². The van der Waals surface area contributed by atoms with Gasteiger partial charge in [0.2, 0.25) is 0 Å². The highest BCUT2D eigenvalue weighted by molar-refractivity contribution is 5.50. The lowest BCUT2D eigenvalue weighted by atomic mass is 10.1. The van der Waals surface area contributed by atoms with Gasteiger partial charge in [-0.1, -0.05) is 27.2 Å². The first-order valence-corrected chi connectivity index (χ1v) is 7.51. The van der Waals surface area contributed by atoms with Crippen molar-refractivity contribution in [1.29, 1.82) is 0 Å². The summed E-state index contributed by atoms with van der Waals surface area (Å²) in [6.07, 6.45) is 2.55. The van der Waals surface area contributed by atoms with Crippen LogP contribution in [0.4, 0.5) is 11.6 Å². The lowest BCUT2D eigenvalue weighted by Gasteiger charge is -2.20. The van der Waals surface area contributed by atoms with Crippen LogP contribution in [-0.2, 0) is 0 Å². The third-order valence-corrected chi connectivity index (χ3v) is 3.79. The average molecular weight is 262 g/mol. The number of hydrogen-bond donors (Lipinski definition) is 1. The highest BCUT2D eigenvalue weighted by atomic mass is 15.2. The Balaban J connectivity index is 2.23. The molecule has 1 aliphatic heterocycles. The van der Waals surface area contributed by atoms with Gasteiger partial charge in [0, 0.05) is 31.6 Å². The zero-order chi connectivity index (χ0) is 13.8. The molecule has 0 amide bonds. The SMILES string of the molecule is CCNc1cc(N2CCC(CC)C2)nc(C(C)C)n1. The number of rotatable bonds is 5. The fraction of sp³-hybridized carbons (Fsp3) is 0.733. The van der Waals surface area contributed by atoms with Crippen LogP contribution in [0, 0.1) is 5.92 Å². The highest BCUT2D eigenvalue weighted by Gasteiger charge is 2.23. The predicted octanol–water partition coefficient (Wildman–Crippen LogP) is 3.27. The van der Waals surface area contributed by atoms with Gasteiger partial charge < -0.3 is 10.2 Å². The molecule has 1 atom stereocenters. The molecule has 2 rings (SSSR count). The summed E-state index contributed by atoms with van der Waals surface area (Å²) in [7, 11) is 0. The Bertz CT molecular complexity index is 417. The molecule has 4 heteroatoms. The van der Waals surface area contributed by atoms with Gasteiger partial charge in [0.05, 0.1) is 0 Å². The summed E-state index contributed by atoms with van der Waals surface area (Å²) in [4.78, 5) is 11.7. The van der Waals surface area contributed by atoms with E-state index in [9.17, 15) is 0 Å². The lowest BCUT2D eigenvalue weighted by molar-refractivity contribution is 0.568. The molecule has 1 aromatic heterocycles. The van der Waals surface area contributed by atoms with Crippen LogP contribution in [0.5, 0.6) is 0 Å². The van der Waals surface area contributed by atoms with Crippen LogP contribution < -0.4 is 10.2 Å². The molecule has 0 aromatic carbocycles. The number of hydrogen-bond acceptors (Lipinski definition) is 4. The first-order valence-electron chi connectivity index (χ1n) is 7.51. The van der Waals surface area contributed by atoms with E-state index in [1.807, 2.05) is 0 Å². The van der Waals surface area contributed by atoms with Crippen molar-refractivity contribution >= 4 is 11.6 Å². The Morgan fingerprint density at radius 1 is 1.37 bits per heavy atom. The fourth-order valence-electron chi connectivity index (χ4n) is 2.52. The van der Waals surface area contributed by atoms with Crippen LogP contribution in [0.1, 0.15) is 52.3 Å². The van der Waals surface area contributed by atoms with E-state index in [4.69, 9.17) is 4.98 Å². The molecule has 106 valence electrons. The van der Waals surface area contributed by atoms with E-state index in [-0.39, 0.29) is 0 Å². The van der Waals surface area contributed by atoms with E-state index in [2.05, 4.69) is 49.0 Å². The highest BCUT2D eigenvalue weighted by Crippen LogP contribution is 2.26. The minimum absolute atomic E-state index is 0.363. The molecule has 1 saturated heterocycles. The maximum absolute atomic E-state index is 4.74. The quantitative estimate of drug-likeness (QED) is 0.884. The van der Waals surface area contributed by atoms with Gasteiger partial charge in [0.25, 0.3) is 0 Å². The molecule has 0 saturated carbocycles. The summed E-state index contributed by atoms with van der Waals surface area (Å²) in [6, 6.07) is 2.09. The van der Waals surface area contributed by atoms with Crippen molar-refractivity contribution in [3.63, 3.8) is 0 Å². The summed E-state index contributed by atoms with van der Waals surface area (Å²) in [5.74, 6) is 4.16. The van der Waals surface area contributed by atoms with Crippen molar-refractivity contribution in [2.24, 2.45) is 5.92 Å². The summed E-state index contributed by atoms with van der Waals surface area (Å²) in [5.41, 5.74) is 0. The maximum atomic E-state index is 4.74. The minimum atomic E-state index is 0.363. The Morgan fingerprint density at radius 3 is 2.74 bits per heavy atom. The van der Waals surface area contributed by atoms with Gasteiger partial charge >= 0.3 is 0 Å². The molecular formula is C15H26N4. The maximum Gasteiger partial charge on any atom is 0.135 e. The Morgan fingerprint density at radius 2 is 2.16 bits per heavy atom. The van der Waals surface area contributed by atoms with E-state index >= 15 is 0 Å². The van der Waals surface area contributed by atoms with E-state index < -0.39 is 0 Å². The van der Waals surface area contributed by atoms with E-state index in [1.165, 1.54) is 12.8 Å². The second-order valence-electron chi connectivity index (χ2n) is 5.66. The molecular weight excluding hydrogens is 236 g/mol. The molecule has 2 heterocycles. The van der Waals surface area contributed by atoms with Crippen LogP contribution in [0.3, 0.4) is 0 Å². The van der Waals surface area contributed by atoms with Crippen LogP contribution in [0.2, 0.25) is 0 Å². The van der Waals surface area contributed by atoms with Gasteiger partial charge in [-0.25, -0.2) is 9.97 Å². The third-order valence-electron chi connectivity index (χ3n) is 3.79. The Labute approximate surface area is 116 Å². The molecule has 0 bridgehead atoms. The van der Waals surface area contributed by atoms with Crippen molar-refractivity contribution in [3.05, 3.63) is 11.9 Å². The topological polar surface area (TPSA) is 41.0 Å². The zero-order valence-electron chi connectivity index (χ0n) is 12.6. The van der Waals surface area contributed by atoms with Gasteiger partial charge in [-0.3, -0.25) is 0 Å². The Hall–Kier alpha value is -1.32. The first-order chi connectivity index (χ1) is 9.13.